The molecule has 1 aliphatic carbocycles. The lowest BCUT2D eigenvalue weighted by molar-refractivity contribution is -0.122. The maximum atomic E-state index is 13.7. The summed E-state index contributed by atoms with van der Waals surface area (Å²) in [5.74, 6) is -3.34. The van der Waals surface area contributed by atoms with Gasteiger partial charge in [0.05, 0.1) is 23.7 Å². The first-order valence-electron chi connectivity index (χ1n) is 12.1. The minimum absolute atomic E-state index is 0.0187. The van der Waals surface area contributed by atoms with Crippen LogP contribution in [0.4, 0.5) is 32.4 Å². The number of alkyl halides is 5. The number of benzene rings is 1. The Morgan fingerprint density at radius 2 is 1.87 bits per heavy atom. The van der Waals surface area contributed by atoms with Crippen LogP contribution in [0.3, 0.4) is 0 Å². The molecule has 4 aromatic rings. The molecule has 2 amide bonds. The first-order valence-corrected chi connectivity index (χ1v) is 12.1. The lowest BCUT2D eigenvalue weighted by Crippen LogP contribution is -2.36. The van der Waals surface area contributed by atoms with Crippen molar-refractivity contribution in [3.8, 4) is 28.3 Å². The van der Waals surface area contributed by atoms with Crippen molar-refractivity contribution < 1.29 is 31.5 Å². The topological polar surface area (TPSA) is 93.4 Å². The molecule has 1 aromatic carbocycles. The molecule has 0 aliphatic heterocycles. The molecule has 0 bridgehead atoms. The van der Waals surface area contributed by atoms with Crippen LogP contribution in [-0.4, -0.2) is 44.2 Å². The van der Waals surface area contributed by atoms with Crippen LogP contribution in [0.25, 0.3) is 28.2 Å². The zero-order chi connectivity index (χ0) is 27.8. The molecule has 8 nitrogen and oxygen atoms in total. The number of hydrogen-bond donors (Lipinski definition) is 2. The zero-order valence-electron chi connectivity index (χ0n) is 20.6. The fourth-order valence-electron chi connectivity index (χ4n) is 4.01. The Balaban J connectivity index is 1.46. The first kappa shape index (κ1) is 26.3. The van der Waals surface area contributed by atoms with E-state index in [1.54, 1.807) is 52.4 Å². The number of pyridine rings is 1. The fourth-order valence-corrected chi connectivity index (χ4v) is 4.01. The summed E-state index contributed by atoms with van der Waals surface area (Å²) in [6.07, 6.45) is 2.82. The van der Waals surface area contributed by atoms with Crippen LogP contribution in [0.15, 0.2) is 55.0 Å². The van der Waals surface area contributed by atoms with Crippen LogP contribution >= 0.6 is 0 Å². The molecule has 5 rings (SSSR count). The Labute approximate surface area is 219 Å². The molecule has 0 unspecified atom stereocenters. The number of amides is 2. The first-order chi connectivity index (χ1) is 18.4. The van der Waals surface area contributed by atoms with Gasteiger partial charge in [0.1, 0.15) is 17.9 Å². The number of aromatic nitrogens is 4. The van der Waals surface area contributed by atoms with Crippen molar-refractivity contribution in [2.45, 2.75) is 44.4 Å². The number of halogens is 5. The molecule has 1 aliphatic rings. The Bertz CT molecular complexity index is 1510. The predicted molar refractivity (Wildman–Crippen MR) is 133 cm³/mol. The van der Waals surface area contributed by atoms with Gasteiger partial charge in [-0.05, 0) is 49.6 Å². The number of nitrogens with one attached hydrogen (secondary N) is 2. The van der Waals surface area contributed by atoms with Crippen LogP contribution in [0, 0.1) is 0 Å². The van der Waals surface area contributed by atoms with Gasteiger partial charge in [-0.25, -0.2) is 19.7 Å². The number of rotatable bonds is 7. The summed E-state index contributed by atoms with van der Waals surface area (Å²) in [5, 5.41) is 4.21. The number of ether oxygens (including phenoxy) is 1. The molecule has 3 heterocycles. The lowest BCUT2D eigenvalue weighted by Gasteiger charge is -2.27. The van der Waals surface area contributed by atoms with Crippen molar-refractivity contribution in [1.82, 2.24) is 24.7 Å². The molecule has 2 N–H and O–H groups in total. The minimum atomic E-state index is -4.54. The van der Waals surface area contributed by atoms with Crippen LogP contribution in [0.1, 0.15) is 32.0 Å². The summed E-state index contributed by atoms with van der Waals surface area (Å²) in [7, 11) is 0. The maximum absolute atomic E-state index is 13.7. The number of nitrogens with zero attached hydrogens (tertiary/aromatic N) is 4. The second-order valence-corrected chi connectivity index (χ2v) is 9.28. The standard InChI is InChI=1S/C26H23F5N6O2/c1-25(27,28)23-32-7-5-20(36-23)15-6-8-37-21(13-33-22(37)11-15)16-9-17(35-24(38)34-14-26(29,30)31)12-19(10-16)39-18-3-2-4-18/h5-13,18H,2-4,14H2,1H3,(H2,34,35,38). The van der Waals surface area contributed by atoms with Crippen LogP contribution in [-0.2, 0) is 5.92 Å². The van der Waals surface area contributed by atoms with Crippen LogP contribution in [0.2, 0.25) is 0 Å². The molecule has 1 saturated carbocycles. The van der Waals surface area contributed by atoms with Crippen molar-refractivity contribution in [2.24, 2.45) is 0 Å². The van der Waals surface area contributed by atoms with Gasteiger partial charge < -0.3 is 15.4 Å². The molecule has 0 saturated heterocycles. The number of imidazole rings is 1. The number of hydrogen-bond acceptors (Lipinski definition) is 5. The highest BCUT2D eigenvalue weighted by atomic mass is 19.4. The molecule has 3 aromatic heterocycles. The molecule has 0 radical (unpaired) electrons. The van der Waals surface area contributed by atoms with Gasteiger partial charge in [-0.15, -0.1) is 0 Å². The zero-order valence-corrected chi connectivity index (χ0v) is 20.6. The summed E-state index contributed by atoms with van der Waals surface area (Å²) >= 11 is 0. The van der Waals surface area contributed by atoms with Gasteiger partial charge in [0, 0.05) is 42.2 Å². The SMILES string of the molecule is CC(F)(F)c1nccc(-c2ccn3c(-c4cc(NC(=O)NCC(F)(F)F)cc(OC5CCC5)c4)cnc3c2)n1. The van der Waals surface area contributed by atoms with E-state index in [9.17, 15) is 26.7 Å². The van der Waals surface area contributed by atoms with Gasteiger partial charge in [0.25, 0.3) is 0 Å². The summed E-state index contributed by atoms with van der Waals surface area (Å²) in [4.78, 5) is 24.1. The predicted octanol–water partition coefficient (Wildman–Crippen LogP) is 6.19. The highest BCUT2D eigenvalue weighted by molar-refractivity contribution is 5.90. The van der Waals surface area contributed by atoms with E-state index in [2.05, 4.69) is 20.3 Å². The molecule has 204 valence electrons. The number of anilines is 1. The average Bonchev–Trinajstić information content (AvgIpc) is 3.27. The number of carbonyl (C=O) groups is 1. The lowest BCUT2D eigenvalue weighted by atomic mass is 9.96. The Hall–Kier alpha value is -4.29. The van der Waals surface area contributed by atoms with Crippen molar-refractivity contribution in [2.75, 3.05) is 11.9 Å². The van der Waals surface area contributed by atoms with E-state index in [4.69, 9.17) is 4.74 Å². The van der Waals surface area contributed by atoms with E-state index in [1.165, 1.54) is 12.3 Å². The van der Waals surface area contributed by atoms with Crippen molar-refractivity contribution in [3.63, 3.8) is 0 Å². The number of fused-ring (bicyclic) bond motifs is 1. The van der Waals surface area contributed by atoms with E-state index in [0.29, 0.717) is 33.9 Å². The smallest absolute Gasteiger partial charge is 0.405 e. The van der Waals surface area contributed by atoms with Crippen LogP contribution < -0.4 is 15.4 Å². The molecular formula is C26H23F5N6O2. The quantitative estimate of drug-likeness (QED) is 0.270. The largest absolute Gasteiger partial charge is 0.490 e. The summed E-state index contributed by atoms with van der Waals surface area (Å²) in [6.45, 7) is -0.745. The monoisotopic (exact) mass is 546 g/mol. The Morgan fingerprint density at radius 1 is 1.08 bits per heavy atom. The molecule has 13 heteroatoms. The summed E-state index contributed by atoms with van der Waals surface area (Å²) < 4.78 is 72.7. The Morgan fingerprint density at radius 3 is 2.56 bits per heavy atom. The van der Waals surface area contributed by atoms with Crippen molar-refractivity contribution >= 4 is 17.4 Å². The molecule has 0 spiro atoms. The normalized spacial score (nSPS) is 14.2. The summed E-state index contributed by atoms with van der Waals surface area (Å²) in [6, 6.07) is 8.79. The van der Waals surface area contributed by atoms with Gasteiger partial charge in [-0.1, -0.05) is 0 Å². The summed E-state index contributed by atoms with van der Waals surface area (Å²) in [5.41, 5.74) is 2.79. The minimum Gasteiger partial charge on any atom is -0.490 e. The highest BCUT2D eigenvalue weighted by Crippen LogP contribution is 2.33. The van der Waals surface area contributed by atoms with Gasteiger partial charge in [0.15, 0.2) is 5.82 Å². The van der Waals surface area contributed by atoms with Gasteiger partial charge in [0.2, 0.25) is 0 Å². The number of carbonyl (C=O) groups excluding carboxylic acids is 1. The van der Waals surface area contributed by atoms with E-state index < -0.39 is 30.5 Å². The van der Waals surface area contributed by atoms with Crippen molar-refractivity contribution in [3.05, 3.63) is 60.8 Å². The molecule has 0 atom stereocenters. The van der Waals surface area contributed by atoms with E-state index in [-0.39, 0.29) is 11.8 Å². The third-order valence-corrected chi connectivity index (χ3v) is 6.12. The van der Waals surface area contributed by atoms with Gasteiger partial charge in [-0.2, -0.15) is 22.0 Å². The maximum Gasteiger partial charge on any atom is 0.405 e. The van der Waals surface area contributed by atoms with Crippen molar-refractivity contribution in [1.29, 1.82) is 0 Å². The van der Waals surface area contributed by atoms with Gasteiger partial charge >= 0.3 is 18.1 Å². The fraction of sp³-hybridized carbons (Fsp3) is 0.308. The second-order valence-electron chi connectivity index (χ2n) is 9.28. The van der Waals surface area contributed by atoms with Gasteiger partial charge in [-0.3, -0.25) is 4.40 Å². The highest BCUT2D eigenvalue weighted by Gasteiger charge is 2.29. The van der Waals surface area contributed by atoms with E-state index in [0.717, 1.165) is 26.2 Å². The second kappa shape index (κ2) is 10.1. The molecule has 39 heavy (non-hydrogen) atoms. The number of urea groups is 1. The molecular weight excluding hydrogens is 523 g/mol. The third-order valence-electron chi connectivity index (χ3n) is 6.12. The van der Waals surface area contributed by atoms with E-state index in [1.807, 2.05) is 0 Å². The van der Waals surface area contributed by atoms with E-state index >= 15 is 0 Å². The molecule has 1 fully saturated rings. The average molecular weight is 547 g/mol. The van der Waals surface area contributed by atoms with Crippen LogP contribution in [0.5, 0.6) is 5.75 Å². The third kappa shape index (κ3) is 6.24. The Kier molecular flexibility index (Phi) is 6.83.